The van der Waals surface area contributed by atoms with Crippen molar-refractivity contribution in [3.05, 3.63) is 52.5 Å². The lowest BCUT2D eigenvalue weighted by Crippen LogP contribution is -1.95. The Balaban J connectivity index is 2.13. The zero-order chi connectivity index (χ0) is 15.2. The Morgan fingerprint density at radius 3 is 2.43 bits per heavy atom. The van der Waals surface area contributed by atoms with Gasteiger partial charge < -0.3 is 9.47 Å². The molecule has 2 aromatic rings. The Morgan fingerprint density at radius 1 is 1.10 bits per heavy atom. The lowest BCUT2D eigenvalue weighted by atomic mass is 10.2. The average Bonchev–Trinajstić information content (AvgIpc) is 2.48. The van der Waals surface area contributed by atoms with Gasteiger partial charge in [-0.25, -0.2) is 0 Å². The molecule has 4 nitrogen and oxygen atoms in total. The van der Waals surface area contributed by atoms with Crippen LogP contribution in [-0.4, -0.2) is 20.4 Å². The molecule has 0 saturated carbocycles. The van der Waals surface area contributed by atoms with Crippen LogP contribution in [0, 0.1) is 6.92 Å². The van der Waals surface area contributed by atoms with Crippen molar-refractivity contribution in [2.24, 2.45) is 5.10 Å². The van der Waals surface area contributed by atoms with Crippen molar-refractivity contribution in [1.29, 1.82) is 0 Å². The van der Waals surface area contributed by atoms with E-state index >= 15 is 0 Å². The molecule has 0 aliphatic carbocycles. The van der Waals surface area contributed by atoms with Gasteiger partial charge in [0.25, 0.3) is 0 Å². The summed E-state index contributed by atoms with van der Waals surface area (Å²) in [5, 5.41) is 4.66. The van der Waals surface area contributed by atoms with Gasteiger partial charge in [0.1, 0.15) is 0 Å². The first-order chi connectivity index (χ1) is 10.1. The van der Waals surface area contributed by atoms with Crippen molar-refractivity contribution < 1.29 is 9.47 Å². The van der Waals surface area contributed by atoms with Gasteiger partial charge in [-0.3, -0.25) is 5.43 Å². The van der Waals surface area contributed by atoms with Crippen LogP contribution < -0.4 is 14.9 Å². The second-order valence-corrected chi connectivity index (χ2v) is 4.88. The van der Waals surface area contributed by atoms with Crippen LogP contribution in [0.4, 0.5) is 5.69 Å². The van der Waals surface area contributed by atoms with Gasteiger partial charge in [0.15, 0.2) is 11.5 Å². The second kappa shape index (κ2) is 6.99. The van der Waals surface area contributed by atoms with E-state index in [4.69, 9.17) is 21.1 Å². The molecule has 0 fully saturated rings. The lowest BCUT2D eigenvalue weighted by Gasteiger charge is -2.10. The summed E-state index contributed by atoms with van der Waals surface area (Å²) in [5.74, 6) is 1.09. The van der Waals surface area contributed by atoms with E-state index in [0.717, 1.165) is 11.3 Å². The average molecular weight is 305 g/mol. The van der Waals surface area contributed by atoms with Gasteiger partial charge >= 0.3 is 0 Å². The molecule has 0 bridgehead atoms. The molecule has 0 amide bonds. The number of anilines is 1. The molecular weight excluding hydrogens is 288 g/mol. The molecule has 110 valence electrons. The first kappa shape index (κ1) is 15.2. The van der Waals surface area contributed by atoms with E-state index < -0.39 is 0 Å². The van der Waals surface area contributed by atoms with Gasteiger partial charge in [-0.05, 0) is 36.8 Å². The summed E-state index contributed by atoms with van der Waals surface area (Å²) in [6.45, 7) is 2.04. The minimum Gasteiger partial charge on any atom is -0.493 e. The van der Waals surface area contributed by atoms with Crippen LogP contribution in [0.15, 0.2) is 41.5 Å². The van der Waals surface area contributed by atoms with Gasteiger partial charge in [0.05, 0.1) is 31.1 Å². The van der Waals surface area contributed by atoms with Crippen LogP contribution in [0.5, 0.6) is 11.5 Å². The predicted molar refractivity (Wildman–Crippen MR) is 87.0 cm³/mol. The zero-order valence-electron chi connectivity index (χ0n) is 12.2. The smallest absolute Gasteiger partial charge is 0.179 e. The van der Waals surface area contributed by atoms with E-state index in [9.17, 15) is 0 Å². The molecule has 2 aromatic carbocycles. The van der Waals surface area contributed by atoms with Crippen LogP contribution >= 0.6 is 11.6 Å². The second-order valence-electron chi connectivity index (χ2n) is 4.47. The van der Waals surface area contributed by atoms with E-state index in [1.165, 1.54) is 5.56 Å². The van der Waals surface area contributed by atoms with Crippen molar-refractivity contribution in [1.82, 2.24) is 0 Å². The van der Waals surface area contributed by atoms with Crippen LogP contribution in [-0.2, 0) is 0 Å². The number of halogens is 1. The first-order valence-electron chi connectivity index (χ1n) is 6.41. The minimum atomic E-state index is 0.480. The van der Waals surface area contributed by atoms with Crippen molar-refractivity contribution in [2.45, 2.75) is 6.92 Å². The largest absolute Gasteiger partial charge is 0.493 e. The monoisotopic (exact) mass is 304 g/mol. The van der Waals surface area contributed by atoms with Crippen molar-refractivity contribution >= 4 is 23.5 Å². The molecule has 2 rings (SSSR count). The first-order valence-corrected chi connectivity index (χ1v) is 6.79. The Kier molecular flexibility index (Phi) is 5.06. The molecule has 0 aromatic heterocycles. The Bertz CT molecular complexity index is 639. The third kappa shape index (κ3) is 3.89. The van der Waals surface area contributed by atoms with E-state index in [1.807, 2.05) is 37.3 Å². The summed E-state index contributed by atoms with van der Waals surface area (Å²) in [4.78, 5) is 0. The number of nitrogens with zero attached hydrogens (tertiary/aromatic N) is 1. The Hall–Kier alpha value is -2.20. The third-order valence-corrected chi connectivity index (χ3v) is 3.20. The maximum absolute atomic E-state index is 6.14. The topological polar surface area (TPSA) is 42.8 Å². The predicted octanol–water partition coefficient (Wildman–Crippen LogP) is 4.11. The highest BCUT2D eigenvalue weighted by molar-refractivity contribution is 6.32. The molecule has 0 saturated heterocycles. The number of ether oxygens (including phenoxy) is 2. The van der Waals surface area contributed by atoms with Gasteiger partial charge in [0, 0.05) is 0 Å². The van der Waals surface area contributed by atoms with E-state index in [1.54, 1.807) is 26.5 Å². The zero-order valence-corrected chi connectivity index (χ0v) is 12.9. The van der Waals surface area contributed by atoms with Gasteiger partial charge in [-0.1, -0.05) is 29.3 Å². The normalized spacial score (nSPS) is 10.7. The van der Waals surface area contributed by atoms with Crippen molar-refractivity contribution in [2.75, 3.05) is 19.6 Å². The summed E-state index contributed by atoms with van der Waals surface area (Å²) in [6.07, 6.45) is 1.67. The molecule has 0 aliphatic rings. The minimum absolute atomic E-state index is 0.480. The Morgan fingerprint density at radius 2 is 1.81 bits per heavy atom. The highest BCUT2D eigenvalue weighted by Crippen LogP contribution is 2.35. The molecule has 0 unspecified atom stereocenters. The van der Waals surface area contributed by atoms with E-state index in [0.29, 0.717) is 16.5 Å². The van der Waals surface area contributed by atoms with Crippen LogP contribution in [0.25, 0.3) is 0 Å². The molecule has 1 N–H and O–H groups in total. The number of benzene rings is 2. The summed E-state index contributed by atoms with van der Waals surface area (Å²) >= 11 is 6.14. The van der Waals surface area contributed by atoms with Gasteiger partial charge in [0.2, 0.25) is 0 Å². The fraction of sp³-hybridized carbons (Fsp3) is 0.188. The number of hydrogen-bond acceptors (Lipinski definition) is 4. The fourth-order valence-corrected chi connectivity index (χ4v) is 2.12. The number of hydrazone groups is 1. The summed E-state index contributed by atoms with van der Waals surface area (Å²) < 4.78 is 10.4. The Labute approximate surface area is 129 Å². The molecular formula is C16H17ClN2O2. The maximum Gasteiger partial charge on any atom is 0.179 e. The molecule has 0 heterocycles. The lowest BCUT2D eigenvalue weighted by molar-refractivity contribution is 0.355. The number of methoxy groups -OCH3 is 2. The molecule has 21 heavy (non-hydrogen) atoms. The van der Waals surface area contributed by atoms with Crippen molar-refractivity contribution in [3.63, 3.8) is 0 Å². The van der Waals surface area contributed by atoms with Gasteiger partial charge in [-0.2, -0.15) is 5.10 Å². The number of rotatable bonds is 5. The van der Waals surface area contributed by atoms with Gasteiger partial charge in [-0.15, -0.1) is 0 Å². The van der Waals surface area contributed by atoms with E-state index in [2.05, 4.69) is 10.5 Å². The fourth-order valence-electron chi connectivity index (χ4n) is 1.82. The van der Waals surface area contributed by atoms with Crippen LogP contribution in [0.3, 0.4) is 0 Å². The number of nitrogens with one attached hydrogen (secondary N) is 1. The van der Waals surface area contributed by atoms with Crippen LogP contribution in [0.1, 0.15) is 11.1 Å². The standard InChI is InChI=1S/C16H17ClN2O2/c1-11-4-6-13(7-5-11)19-18-10-12-8-14(17)16(21-3)15(9-12)20-2/h4-10,19H,1-3H3/b18-10+. The number of aryl methyl sites for hydroxylation is 1. The molecule has 0 aliphatic heterocycles. The summed E-state index contributed by atoms with van der Waals surface area (Å²) in [7, 11) is 3.12. The summed E-state index contributed by atoms with van der Waals surface area (Å²) in [6, 6.07) is 11.5. The molecule has 5 heteroatoms. The molecule has 0 spiro atoms. The third-order valence-electron chi connectivity index (χ3n) is 2.91. The van der Waals surface area contributed by atoms with Crippen molar-refractivity contribution in [3.8, 4) is 11.5 Å². The number of hydrogen-bond donors (Lipinski definition) is 1. The highest BCUT2D eigenvalue weighted by atomic mass is 35.5. The maximum atomic E-state index is 6.14. The SMILES string of the molecule is COc1cc(/C=N/Nc2ccc(C)cc2)cc(Cl)c1OC. The van der Waals surface area contributed by atoms with Crippen LogP contribution in [0.2, 0.25) is 5.02 Å². The quantitative estimate of drug-likeness (QED) is 0.667. The highest BCUT2D eigenvalue weighted by Gasteiger charge is 2.09. The van der Waals surface area contributed by atoms with E-state index in [-0.39, 0.29) is 0 Å². The molecule has 0 atom stereocenters. The molecule has 0 radical (unpaired) electrons. The summed E-state index contributed by atoms with van der Waals surface area (Å²) in [5.41, 5.74) is 5.90.